The highest BCUT2D eigenvalue weighted by Crippen LogP contribution is 2.30. The minimum atomic E-state index is -3.37. The van der Waals surface area contributed by atoms with Crippen LogP contribution in [0.4, 0.5) is 5.13 Å². The number of rotatable bonds is 7. The van der Waals surface area contributed by atoms with Gasteiger partial charge in [-0.3, -0.25) is 19.3 Å². The Morgan fingerprint density at radius 3 is 2.41 bits per heavy atom. The monoisotopic (exact) mass is 489 g/mol. The molecule has 1 aliphatic rings. The summed E-state index contributed by atoms with van der Waals surface area (Å²) in [5.41, 5.74) is 1.11. The van der Waals surface area contributed by atoms with Crippen LogP contribution in [0.1, 0.15) is 27.1 Å². The predicted octanol–water partition coefficient (Wildman–Crippen LogP) is 3.06. The highest BCUT2D eigenvalue weighted by Gasteiger charge is 2.42. The van der Waals surface area contributed by atoms with E-state index in [4.69, 9.17) is 0 Å². The van der Waals surface area contributed by atoms with E-state index in [0.29, 0.717) is 22.4 Å². The minimum Gasteiger partial charge on any atom is -0.300 e. The molecule has 0 bridgehead atoms. The van der Waals surface area contributed by atoms with Gasteiger partial charge in [0.15, 0.2) is 15.0 Å². The Morgan fingerprint density at radius 2 is 1.81 bits per heavy atom. The molecule has 0 saturated heterocycles. The number of hydrogen-bond acceptors (Lipinski definition) is 8. The van der Waals surface area contributed by atoms with Crippen LogP contribution in [-0.4, -0.2) is 60.3 Å². The smallest absolute Gasteiger partial charge is 0.262 e. The first kappa shape index (κ1) is 22.4. The Morgan fingerprint density at radius 1 is 1.16 bits per heavy atom. The van der Waals surface area contributed by atoms with Gasteiger partial charge in [0.25, 0.3) is 11.8 Å². The second kappa shape index (κ2) is 8.64. The highest BCUT2D eigenvalue weighted by atomic mass is 32.2. The third-order valence-corrected chi connectivity index (χ3v) is 7.74. The van der Waals surface area contributed by atoms with Gasteiger partial charge in [-0.1, -0.05) is 23.5 Å². The molecule has 32 heavy (non-hydrogen) atoms. The normalized spacial score (nSPS) is 14.6. The molecule has 3 amide bonds. The zero-order valence-electron chi connectivity index (χ0n) is 17.2. The Bertz CT molecular complexity index is 1310. The largest absolute Gasteiger partial charge is 0.300 e. The maximum atomic E-state index is 13.2. The molecule has 11 heteroatoms. The van der Waals surface area contributed by atoms with Crippen molar-refractivity contribution in [3.05, 3.63) is 53.6 Å². The molecule has 1 atom stereocenters. The van der Waals surface area contributed by atoms with Crippen LogP contribution in [0, 0.1) is 0 Å². The third-order valence-electron chi connectivity index (χ3n) is 5.05. The van der Waals surface area contributed by atoms with Crippen LogP contribution in [0.5, 0.6) is 0 Å². The maximum Gasteiger partial charge on any atom is 0.262 e. The summed E-state index contributed by atoms with van der Waals surface area (Å²) in [7, 11) is -3.37. The van der Waals surface area contributed by atoms with Crippen molar-refractivity contribution >= 4 is 66.0 Å². The van der Waals surface area contributed by atoms with Crippen molar-refractivity contribution in [2.24, 2.45) is 0 Å². The number of aromatic nitrogens is 1. The average molecular weight is 490 g/mol. The molecule has 2 aromatic carbocycles. The molecule has 0 fully saturated rings. The number of thioether (sulfide) groups is 1. The van der Waals surface area contributed by atoms with Crippen molar-refractivity contribution in [1.82, 2.24) is 9.88 Å². The molecule has 0 aliphatic carbocycles. The lowest BCUT2D eigenvalue weighted by molar-refractivity contribution is -0.120. The lowest BCUT2D eigenvalue weighted by Crippen LogP contribution is -2.47. The van der Waals surface area contributed by atoms with Gasteiger partial charge in [-0.2, -0.15) is 11.8 Å². The van der Waals surface area contributed by atoms with Gasteiger partial charge in [-0.15, -0.1) is 0 Å². The number of nitrogens with one attached hydrogen (secondary N) is 1. The molecular formula is C21H19N3O5S3. The summed E-state index contributed by atoms with van der Waals surface area (Å²) in [5.74, 6) is -0.929. The van der Waals surface area contributed by atoms with Gasteiger partial charge in [-0.05, 0) is 48.8 Å². The van der Waals surface area contributed by atoms with Gasteiger partial charge in [-0.25, -0.2) is 13.4 Å². The Balaban J connectivity index is 1.62. The molecule has 2 heterocycles. The molecular weight excluding hydrogens is 470 g/mol. The van der Waals surface area contributed by atoms with Crippen molar-refractivity contribution < 1.29 is 22.8 Å². The van der Waals surface area contributed by atoms with Crippen molar-refractivity contribution in [3.63, 3.8) is 0 Å². The highest BCUT2D eigenvalue weighted by molar-refractivity contribution is 7.98. The van der Waals surface area contributed by atoms with Gasteiger partial charge in [0.2, 0.25) is 5.91 Å². The molecule has 8 nitrogen and oxygen atoms in total. The van der Waals surface area contributed by atoms with Crippen LogP contribution in [-0.2, 0) is 14.6 Å². The summed E-state index contributed by atoms with van der Waals surface area (Å²) in [6.45, 7) is 0. The molecule has 3 aromatic rings. The second-order valence-electron chi connectivity index (χ2n) is 7.23. The quantitative estimate of drug-likeness (QED) is 0.508. The summed E-state index contributed by atoms with van der Waals surface area (Å²) in [6, 6.07) is 10.1. The van der Waals surface area contributed by atoms with E-state index in [9.17, 15) is 22.8 Å². The number of sulfone groups is 1. The van der Waals surface area contributed by atoms with E-state index >= 15 is 0 Å². The van der Waals surface area contributed by atoms with Crippen molar-refractivity contribution in [2.45, 2.75) is 17.4 Å². The van der Waals surface area contributed by atoms with Gasteiger partial charge in [0.05, 0.1) is 26.2 Å². The van der Waals surface area contributed by atoms with Gasteiger partial charge in [0, 0.05) is 6.26 Å². The molecule has 1 aliphatic heterocycles. The first-order valence-corrected chi connectivity index (χ1v) is 13.7. The van der Waals surface area contributed by atoms with E-state index in [1.807, 2.05) is 6.26 Å². The second-order valence-corrected chi connectivity index (χ2v) is 11.3. The van der Waals surface area contributed by atoms with E-state index < -0.39 is 33.6 Å². The van der Waals surface area contributed by atoms with Crippen molar-refractivity contribution in [2.75, 3.05) is 23.6 Å². The van der Waals surface area contributed by atoms with Gasteiger partial charge in [0.1, 0.15) is 6.04 Å². The number of imide groups is 1. The summed E-state index contributed by atoms with van der Waals surface area (Å²) in [4.78, 5) is 44.5. The fourth-order valence-corrected chi connectivity index (χ4v) is 5.56. The lowest BCUT2D eigenvalue weighted by atomic mass is 10.1. The van der Waals surface area contributed by atoms with Crippen LogP contribution < -0.4 is 5.32 Å². The summed E-state index contributed by atoms with van der Waals surface area (Å²) < 4.78 is 24.2. The Hall–Kier alpha value is -2.76. The zero-order chi connectivity index (χ0) is 23.0. The molecule has 0 spiro atoms. The fourth-order valence-electron chi connectivity index (χ4n) is 3.48. The number of nitrogens with zero attached hydrogens (tertiary/aromatic N) is 2. The Labute approximate surface area is 192 Å². The maximum absolute atomic E-state index is 13.2. The SMILES string of the molecule is CSCCC(C(=O)Nc1nc2ccc(S(C)(=O)=O)cc2s1)N1C(=O)c2ccccc2C1=O. The van der Waals surface area contributed by atoms with Crippen molar-refractivity contribution in [3.8, 4) is 0 Å². The number of anilines is 1. The van der Waals surface area contributed by atoms with Crippen LogP contribution in [0.15, 0.2) is 47.4 Å². The molecule has 4 rings (SSSR count). The van der Waals surface area contributed by atoms with Gasteiger partial charge < -0.3 is 5.32 Å². The molecule has 1 N–H and O–H groups in total. The number of hydrogen-bond donors (Lipinski definition) is 1. The topological polar surface area (TPSA) is 114 Å². The van der Waals surface area contributed by atoms with E-state index in [0.717, 1.165) is 22.5 Å². The third kappa shape index (κ3) is 4.15. The first-order chi connectivity index (χ1) is 15.2. The molecule has 1 aromatic heterocycles. The van der Waals surface area contributed by atoms with E-state index in [-0.39, 0.29) is 21.2 Å². The molecule has 166 valence electrons. The minimum absolute atomic E-state index is 0.162. The number of carbonyl (C=O) groups is 3. The number of amides is 3. The van der Waals surface area contributed by atoms with Crippen LogP contribution in [0.2, 0.25) is 0 Å². The number of thiazole rings is 1. The average Bonchev–Trinajstić information content (AvgIpc) is 3.26. The van der Waals surface area contributed by atoms with E-state index in [1.165, 1.54) is 23.9 Å². The molecule has 0 saturated carbocycles. The van der Waals surface area contributed by atoms with Crippen molar-refractivity contribution in [1.29, 1.82) is 0 Å². The first-order valence-electron chi connectivity index (χ1n) is 9.58. The van der Waals surface area contributed by atoms with Gasteiger partial charge >= 0.3 is 0 Å². The van der Waals surface area contributed by atoms with Crippen LogP contribution in [0.25, 0.3) is 10.2 Å². The van der Waals surface area contributed by atoms with Crippen LogP contribution >= 0.6 is 23.1 Å². The standard InChI is InChI=1S/C21H19N3O5S3/c1-30-10-9-16(24-19(26)13-5-3-4-6-14(13)20(24)27)18(25)23-21-22-15-8-7-12(32(2,28)29)11-17(15)31-21/h3-8,11,16H,9-10H2,1-2H3,(H,22,23,25). The number of carbonyl (C=O) groups excluding carboxylic acids is 3. The number of benzene rings is 2. The number of fused-ring (bicyclic) bond motifs is 2. The summed E-state index contributed by atoms with van der Waals surface area (Å²) >= 11 is 2.63. The summed E-state index contributed by atoms with van der Waals surface area (Å²) in [6.07, 6.45) is 3.29. The Kier molecular flexibility index (Phi) is 6.06. The lowest BCUT2D eigenvalue weighted by Gasteiger charge is -2.24. The predicted molar refractivity (Wildman–Crippen MR) is 125 cm³/mol. The molecule has 1 unspecified atom stereocenters. The van der Waals surface area contributed by atoms with E-state index in [1.54, 1.807) is 30.3 Å². The molecule has 0 radical (unpaired) electrons. The fraction of sp³-hybridized carbons (Fsp3) is 0.238. The summed E-state index contributed by atoms with van der Waals surface area (Å²) in [5, 5.41) is 2.97. The zero-order valence-corrected chi connectivity index (χ0v) is 19.6. The van der Waals surface area contributed by atoms with E-state index in [2.05, 4.69) is 10.3 Å². The van der Waals surface area contributed by atoms with Crippen LogP contribution in [0.3, 0.4) is 0 Å².